The molecule has 0 radical (unpaired) electrons. The van der Waals surface area contributed by atoms with E-state index in [4.69, 9.17) is 4.74 Å². The number of nitrogens with one attached hydrogen (secondary N) is 1. The summed E-state index contributed by atoms with van der Waals surface area (Å²) in [5.74, 6) is 0.691. The van der Waals surface area contributed by atoms with Gasteiger partial charge in [0.25, 0.3) is 0 Å². The summed E-state index contributed by atoms with van der Waals surface area (Å²) in [5.41, 5.74) is 1.25. The lowest BCUT2D eigenvalue weighted by Gasteiger charge is -2.29. The van der Waals surface area contributed by atoms with Gasteiger partial charge in [-0.2, -0.15) is 5.10 Å². The van der Waals surface area contributed by atoms with Gasteiger partial charge in [-0.25, -0.2) is 0 Å². The highest BCUT2D eigenvalue weighted by molar-refractivity contribution is 9.10. The number of ether oxygens (including phenoxy) is 1. The van der Waals surface area contributed by atoms with Crippen molar-refractivity contribution in [1.82, 2.24) is 15.1 Å². The highest BCUT2D eigenvalue weighted by Gasteiger charge is 2.39. The maximum atomic E-state index is 6.11. The molecule has 1 aliphatic rings. The van der Waals surface area contributed by atoms with Gasteiger partial charge >= 0.3 is 0 Å². The average Bonchev–Trinajstić information content (AvgIpc) is 3.25. The monoisotopic (exact) mass is 357 g/mol. The van der Waals surface area contributed by atoms with Crippen LogP contribution in [0, 0.1) is 5.92 Å². The Kier molecular flexibility index (Phi) is 6.71. The molecule has 2 atom stereocenters. The fourth-order valence-electron chi connectivity index (χ4n) is 2.86. The smallest absolute Gasteiger partial charge is 0.0813 e. The molecule has 1 aromatic rings. The SMILES string of the molecule is CCCNC(c1c(Br)cnn1CCC)C(OCC)C1CC1. The van der Waals surface area contributed by atoms with Crippen LogP contribution in [0.25, 0.3) is 0 Å². The first-order valence-electron chi connectivity index (χ1n) is 8.29. The summed E-state index contributed by atoms with van der Waals surface area (Å²) >= 11 is 3.69. The largest absolute Gasteiger partial charge is 0.376 e. The molecule has 21 heavy (non-hydrogen) atoms. The molecule has 0 bridgehead atoms. The molecule has 2 unspecified atom stereocenters. The zero-order chi connectivity index (χ0) is 15.2. The van der Waals surface area contributed by atoms with E-state index in [1.54, 1.807) is 0 Å². The van der Waals surface area contributed by atoms with Gasteiger partial charge in [-0.15, -0.1) is 0 Å². The summed E-state index contributed by atoms with van der Waals surface area (Å²) in [5, 5.41) is 8.23. The van der Waals surface area contributed by atoms with Gasteiger partial charge in [0, 0.05) is 13.2 Å². The van der Waals surface area contributed by atoms with Crippen LogP contribution in [0.15, 0.2) is 10.7 Å². The molecule has 1 fully saturated rings. The predicted molar refractivity (Wildman–Crippen MR) is 89.4 cm³/mol. The number of aryl methyl sites for hydroxylation is 1. The standard InChI is InChI=1S/C16H28BrN3O/c1-4-9-18-14(16(21-6-3)12-7-8-12)15-13(17)11-19-20(15)10-5-2/h11-12,14,16,18H,4-10H2,1-3H3. The molecule has 0 amide bonds. The fourth-order valence-corrected chi connectivity index (χ4v) is 3.40. The minimum absolute atomic E-state index is 0.223. The van der Waals surface area contributed by atoms with Crippen LogP contribution >= 0.6 is 15.9 Å². The Balaban J connectivity index is 2.27. The molecule has 1 N–H and O–H groups in total. The second-order valence-electron chi connectivity index (χ2n) is 5.79. The molecular weight excluding hydrogens is 330 g/mol. The summed E-state index contributed by atoms with van der Waals surface area (Å²) in [4.78, 5) is 0. The Morgan fingerprint density at radius 1 is 1.38 bits per heavy atom. The van der Waals surface area contributed by atoms with Gasteiger partial charge < -0.3 is 10.1 Å². The molecule has 0 saturated heterocycles. The van der Waals surface area contributed by atoms with Crippen molar-refractivity contribution in [3.8, 4) is 0 Å². The van der Waals surface area contributed by atoms with Gasteiger partial charge in [0.05, 0.1) is 28.5 Å². The lowest BCUT2D eigenvalue weighted by Crippen LogP contribution is -2.37. The van der Waals surface area contributed by atoms with Gasteiger partial charge in [0.1, 0.15) is 0 Å². The van der Waals surface area contributed by atoms with Crippen molar-refractivity contribution in [2.45, 2.75) is 65.1 Å². The average molecular weight is 358 g/mol. The third-order valence-corrected chi connectivity index (χ3v) is 4.56. The van der Waals surface area contributed by atoms with Crippen LogP contribution in [0.2, 0.25) is 0 Å². The van der Waals surface area contributed by atoms with Gasteiger partial charge in [-0.3, -0.25) is 4.68 Å². The summed E-state index contributed by atoms with van der Waals surface area (Å²) in [6.45, 7) is 9.21. The molecule has 2 rings (SSSR count). The number of rotatable bonds is 10. The minimum atomic E-state index is 0.223. The lowest BCUT2D eigenvalue weighted by molar-refractivity contribution is 0.0161. The lowest BCUT2D eigenvalue weighted by atomic mass is 10.0. The summed E-state index contributed by atoms with van der Waals surface area (Å²) in [6, 6.07) is 0.223. The third-order valence-electron chi connectivity index (χ3n) is 3.95. The molecule has 120 valence electrons. The van der Waals surface area contributed by atoms with Gasteiger partial charge in [0.15, 0.2) is 0 Å². The Hall–Kier alpha value is -0.390. The highest BCUT2D eigenvalue weighted by Crippen LogP contribution is 2.41. The van der Waals surface area contributed by atoms with Crippen LogP contribution in [0.5, 0.6) is 0 Å². The number of aromatic nitrogens is 2. The van der Waals surface area contributed by atoms with Crippen molar-refractivity contribution in [1.29, 1.82) is 0 Å². The second-order valence-corrected chi connectivity index (χ2v) is 6.64. The zero-order valence-electron chi connectivity index (χ0n) is 13.4. The van der Waals surface area contributed by atoms with Crippen molar-refractivity contribution >= 4 is 15.9 Å². The van der Waals surface area contributed by atoms with Gasteiger partial charge in [0.2, 0.25) is 0 Å². The quantitative estimate of drug-likeness (QED) is 0.689. The molecule has 0 spiro atoms. The second kappa shape index (κ2) is 8.30. The van der Waals surface area contributed by atoms with E-state index in [-0.39, 0.29) is 12.1 Å². The summed E-state index contributed by atoms with van der Waals surface area (Å²) in [7, 11) is 0. The molecule has 1 aromatic heterocycles. The topological polar surface area (TPSA) is 39.1 Å². The van der Waals surface area contributed by atoms with E-state index >= 15 is 0 Å². The minimum Gasteiger partial charge on any atom is -0.376 e. The molecule has 1 saturated carbocycles. The van der Waals surface area contributed by atoms with E-state index in [9.17, 15) is 0 Å². The highest BCUT2D eigenvalue weighted by atomic mass is 79.9. The van der Waals surface area contributed by atoms with Crippen LogP contribution in [-0.2, 0) is 11.3 Å². The Morgan fingerprint density at radius 2 is 2.14 bits per heavy atom. The van der Waals surface area contributed by atoms with Crippen molar-refractivity contribution in [2.75, 3.05) is 13.2 Å². The number of halogens is 1. The normalized spacial score (nSPS) is 17.9. The maximum Gasteiger partial charge on any atom is 0.0813 e. The van der Waals surface area contributed by atoms with E-state index in [1.165, 1.54) is 18.5 Å². The summed E-state index contributed by atoms with van der Waals surface area (Å²) < 4.78 is 9.34. The van der Waals surface area contributed by atoms with E-state index in [0.29, 0.717) is 5.92 Å². The van der Waals surface area contributed by atoms with Crippen molar-refractivity contribution in [3.05, 3.63) is 16.4 Å². The number of hydrogen-bond acceptors (Lipinski definition) is 3. The summed E-state index contributed by atoms with van der Waals surface area (Å²) in [6.07, 6.45) is 6.96. The van der Waals surface area contributed by atoms with Crippen molar-refractivity contribution in [3.63, 3.8) is 0 Å². The molecule has 0 aromatic carbocycles. The fraction of sp³-hybridized carbons (Fsp3) is 0.812. The number of hydrogen-bond donors (Lipinski definition) is 1. The van der Waals surface area contributed by atoms with Crippen LogP contribution in [0.1, 0.15) is 58.2 Å². The molecule has 1 aliphatic carbocycles. The van der Waals surface area contributed by atoms with Crippen LogP contribution in [0.4, 0.5) is 0 Å². The van der Waals surface area contributed by atoms with Crippen LogP contribution in [-0.4, -0.2) is 29.0 Å². The molecule has 1 heterocycles. The van der Waals surface area contributed by atoms with E-state index in [2.05, 4.69) is 51.8 Å². The van der Waals surface area contributed by atoms with E-state index in [1.807, 2.05) is 6.20 Å². The maximum absolute atomic E-state index is 6.11. The third kappa shape index (κ3) is 4.30. The molecule has 4 nitrogen and oxygen atoms in total. The van der Waals surface area contributed by atoms with Gasteiger partial charge in [-0.05, 0) is 61.0 Å². The first-order chi connectivity index (χ1) is 10.2. The van der Waals surface area contributed by atoms with E-state index < -0.39 is 0 Å². The van der Waals surface area contributed by atoms with Crippen LogP contribution < -0.4 is 5.32 Å². The Morgan fingerprint density at radius 3 is 2.71 bits per heavy atom. The zero-order valence-corrected chi connectivity index (χ0v) is 15.0. The Labute approximate surface area is 136 Å². The first kappa shape index (κ1) is 17.0. The van der Waals surface area contributed by atoms with E-state index in [0.717, 1.165) is 37.0 Å². The predicted octanol–water partition coefficient (Wildman–Crippen LogP) is 3.91. The van der Waals surface area contributed by atoms with Crippen LogP contribution in [0.3, 0.4) is 0 Å². The molecular formula is C16H28BrN3O. The van der Waals surface area contributed by atoms with Crippen molar-refractivity contribution in [2.24, 2.45) is 5.92 Å². The molecule has 0 aliphatic heterocycles. The van der Waals surface area contributed by atoms with Crippen molar-refractivity contribution < 1.29 is 4.74 Å². The Bertz CT molecular complexity index is 431. The first-order valence-corrected chi connectivity index (χ1v) is 9.08. The number of nitrogens with zero attached hydrogens (tertiary/aromatic N) is 2. The van der Waals surface area contributed by atoms with Gasteiger partial charge in [-0.1, -0.05) is 13.8 Å². The molecule has 5 heteroatoms.